The number of hydrogen-bond donors (Lipinski definition) is 0. The van der Waals surface area contributed by atoms with E-state index in [1.807, 2.05) is 54.2 Å². The number of nitrogens with zero attached hydrogens (tertiary/aromatic N) is 3. The predicted octanol–water partition coefficient (Wildman–Crippen LogP) is 4.40. The van der Waals surface area contributed by atoms with E-state index in [0.29, 0.717) is 0 Å². The van der Waals surface area contributed by atoms with Gasteiger partial charge in [-0.3, -0.25) is 4.57 Å². The summed E-state index contributed by atoms with van der Waals surface area (Å²) >= 11 is 3.57. The summed E-state index contributed by atoms with van der Waals surface area (Å²) < 4.78 is 7.45. The van der Waals surface area contributed by atoms with Gasteiger partial charge in [0.05, 0.1) is 7.11 Å². The summed E-state index contributed by atoms with van der Waals surface area (Å²) in [5, 5.41) is 9.78. The molecular formula is C18H19N3OS2. The van der Waals surface area contributed by atoms with E-state index in [1.165, 1.54) is 0 Å². The largest absolute Gasteiger partial charge is 0.497 e. The normalized spacial score (nSPS) is 10.8. The third-order valence-electron chi connectivity index (χ3n) is 3.49. The van der Waals surface area contributed by atoms with Gasteiger partial charge in [-0.1, -0.05) is 42.1 Å². The Balaban J connectivity index is 2.05. The van der Waals surface area contributed by atoms with Crippen molar-refractivity contribution in [2.24, 2.45) is 0 Å². The number of methoxy groups -OCH3 is 1. The molecule has 3 rings (SSSR count). The number of aromatic nitrogens is 3. The van der Waals surface area contributed by atoms with Gasteiger partial charge in [-0.15, -0.1) is 10.2 Å². The van der Waals surface area contributed by atoms with Gasteiger partial charge in [0.1, 0.15) is 5.75 Å². The van der Waals surface area contributed by atoms with Crippen LogP contribution in [-0.4, -0.2) is 39.6 Å². The topological polar surface area (TPSA) is 39.9 Å². The summed E-state index contributed by atoms with van der Waals surface area (Å²) in [5.41, 5.74) is 2.05. The van der Waals surface area contributed by atoms with Gasteiger partial charge in [0.15, 0.2) is 11.0 Å². The summed E-state index contributed by atoms with van der Waals surface area (Å²) in [6.45, 7) is 0. The summed E-state index contributed by atoms with van der Waals surface area (Å²) in [7, 11) is 1.67. The molecule has 0 fully saturated rings. The first kappa shape index (κ1) is 16.9. The molecule has 3 aromatic rings. The Bertz CT molecular complexity index is 790. The minimum Gasteiger partial charge on any atom is -0.497 e. The lowest BCUT2D eigenvalue weighted by atomic mass is 10.2. The number of hydrogen-bond acceptors (Lipinski definition) is 5. The molecule has 0 unspecified atom stereocenters. The highest BCUT2D eigenvalue weighted by Gasteiger charge is 2.16. The zero-order chi connectivity index (χ0) is 16.8. The van der Waals surface area contributed by atoms with Gasteiger partial charge in [0, 0.05) is 22.8 Å². The summed E-state index contributed by atoms with van der Waals surface area (Å²) in [4.78, 5) is 0. The van der Waals surface area contributed by atoms with E-state index >= 15 is 0 Å². The SMILES string of the molecule is COc1cccc(-c2nnc(SCCSC)n2-c2ccccc2)c1. The highest BCUT2D eigenvalue weighted by Crippen LogP contribution is 2.29. The first-order valence-corrected chi connectivity index (χ1v) is 9.98. The van der Waals surface area contributed by atoms with E-state index in [0.717, 1.165) is 39.5 Å². The van der Waals surface area contributed by atoms with Crippen molar-refractivity contribution < 1.29 is 4.74 Å². The number of ether oxygens (including phenoxy) is 1. The fourth-order valence-electron chi connectivity index (χ4n) is 2.34. The third kappa shape index (κ3) is 3.76. The maximum atomic E-state index is 5.34. The molecule has 0 aliphatic rings. The second kappa shape index (κ2) is 8.26. The first-order valence-electron chi connectivity index (χ1n) is 7.60. The predicted molar refractivity (Wildman–Crippen MR) is 102 cm³/mol. The Labute approximate surface area is 150 Å². The van der Waals surface area contributed by atoms with Gasteiger partial charge in [-0.25, -0.2) is 0 Å². The molecule has 0 aliphatic carbocycles. The van der Waals surface area contributed by atoms with Crippen LogP contribution in [0.2, 0.25) is 0 Å². The molecule has 0 spiro atoms. The van der Waals surface area contributed by atoms with Crippen molar-refractivity contribution in [2.75, 3.05) is 24.9 Å². The van der Waals surface area contributed by atoms with Crippen molar-refractivity contribution in [3.8, 4) is 22.8 Å². The second-order valence-electron chi connectivity index (χ2n) is 5.05. The van der Waals surface area contributed by atoms with Gasteiger partial charge >= 0.3 is 0 Å². The average Bonchev–Trinajstić information content (AvgIpc) is 3.06. The molecule has 1 aromatic heterocycles. The molecule has 0 bridgehead atoms. The summed E-state index contributed by atoms with van der Waals surface area (Å²) in [5.74, 6) is 3.73. The molecule has 0 amide bonds. The molecule has 2 aromatic carbocycles. The van der Waals surface area contributed by atoms with Crippen molar-refractivity contribution in [3.05, 3.63) is 54.6 Å². The van der Waals surface area contributed by atoms with Crippen LogP contribution in [0.5, 0.6) is 5.75 Å². The van der Waals surface area contributed by atoms with Crippen molar-refractivity contribution in [3.63, 3.8) is 0 Å². The number of rotatable bonds is 7. The molecule has 0 aliphatic heterocycles. The lowest BCUT2D eigenvalue weighted by molar-refractivity contribution is 0.415. The van der Waals surface area contributed by atoms with Crippen LogP contribution < -0.4 is 4.74 Å². The fourth-order valence-corrected chi connectivity index (χ4v) is 3.94. The minimum absolute atomic E-state index is 0.812. The first-order chi connectivity index (χ1) is 11.8. The van der Waals surface area contributed by atoms with Gasteiger partial charge < -0.3 is 4.74 Å². The number of thioether (sulfide) groups is 2. The quantitative estimate of drug-likeness (QED) is 0.463. The van der Waals surface area contributed by atoms with E-state index in [-0.39, 0.29) is 0 Å². The van der Waals surface area contributed by atoms with E-state index in [2.05, 4.69) is 33.2 Å². The molecule has 0 N–H and O–H groups in total. The maximum absolute atomic E-state index is 5.34. The fraction of sp³-hybridized carbons (Fsp3) is 0.222. The molecule has 0 atom stereocenters. The van der Waals surface area contributed by atoms with Crippen molar-refractivity contribution in [1.82, 2.24) is 14.8 Å². The van der Waals surface area contributed by atoms with Crippen LogP contribution in [0.15, 0.2) is 59.8 Å². The van der Waals surface area contributed by atoms with Gasteiger partial charge in [0.2, 0.25) is 0 Å². The molecule has 0 saturated carbocycles. The Morgan fingerprint density at radius 2 is 1.83 bits per heavy atom. The smallest absolute Gasteiger partial charge is 0.196 e. The lowest BCUT2D eigenvalue weighted by Gasteiger charge is -2.10. The van der Waals surface area contributed by atoms with Crippen molar-refractivity contribution in [2.45, 2.75) is 5.16 Å². The molecule has 4 nitrogen and oxygen atoms in total. The summed E-state index contributed by atoms with van der Waals surface area (Å²) in [6, 6.07) is 18.1. The standard InChI is InChI=1S/C18H19N3OS2/c1-22-16-10-6-7-14(13-16)17-19-20-18(24-12-11-23-2)21(17)15-8-4-3-5-9-15/h3-10,13H,11-12H2,1-2H3. The van der Waals surface area contributed by atoms with Crippen LogP contribution in [0.1, 0.15) is 0 Å². The molecule has 24 heavy (non-hydrogen) atoms. The van der Waals surface area contributed by atoms with E-state index in [1.54, 1.807) is 18.9 Å². The van der Waals surface area contributed by atoms with E-state index in [4.69, 9.17) is 4.74 Å². The van der Waals surface area contributed by atoms with E-state index in [9.17, 15) is 0 Å². The Morgan fingerprint density at radius 1 is 1.00 bits per heavy atom. The summed E-state index contributed by atoms with van der Waals surface area (Å²) in [6.07, 6.45) is 2.12. The van der Waals surface area contributed by atoms with Crippen LogP contribution in [0.3, 0.4) is 0 Å². The molecule has 1 heterocycles. The average molecular weight is 358 g/mol. The molecular weight excluding hydrogens is 338 g/mol. The zero-order valence-corrected chi connectivity index (χ0v) is 15.3. The maximum Gasteiger partial charge on any atom is 0.196 e. The number of benzene rings is 2. The van der Waals surface area contributed by atoms with Crippen molar-refractivity contribution in [1.29, 1.82) is 0 Å². The van der Waals surface area contributed by atoms with Gasteiger partial charge in [-0.2, -0.15) is 11.8 Å². The third-order valence-corrected chi connectivity index (χ3v) is 5.30. The second-order valence-corrected chi connectivity index (χ2v) is 7.10. The van der Waals surface area contributed by atoms with Crippen LogP contribution in [0.4, 0.5) is 0 Å². The van der Waals surface area contributed by atoms with Crippen LogP contribution in [-0.2, 0) is 0 Å². The van der Waals surface area contributed by atoms with Crippen molar-refractivity contribution >= 4 is 23.5 Å². The lowest BCUT2D eigenvalue weighted by Crippen LogP contribution is -2.00. The Kier molecular flexibility index (Phi) is 5.82. The highest BCUT2D eigenvalue weighted by molar-refractivity contribution is 8.02. The molecule has 0 saturated heterocycles. The van der Waals surface area contributed by atoms with Crippen LogP contribution in [0.25, 0.3) is 17.1 Å². The van der Waals surface area contributed by atoms with Gasteiger partial charge in [0.25, 0.3) is 0 Å². The van der Waals surface area contributed by atoms with Crippen LogP contribution >= 0.6 is 23.5 Å². The monoisotopic (exact) mass is 357 g/mol. The van der Waals surface area contributed by atoms with E-state index < -0.39 is 0 Å². The zero-order valence-electron chi connectivity index (χ0n) is 13.7. The molecule has 0 radical (unpaired) electrons. The minimum atomic E-state index is 0.812. The molecule has 124 valence electrons. The Hall–Kier alpha value is -1.92. The highest BCUT2D eigenvalue weighted by atomic mass is 32.2. The Morgan fingerprint density at radius 3 is 2.58 bits per heavy atom. The number of para-hydroxylation sites is 1. The molecule has 6 heteroatoms. The van der Waals surface area contributed by atoms with Crippen LogP contribution in [0, 0.1) is 0 Å². The van der Waals surface area contributed by atoms with Gasteiger partial charge in [-0.05, 0) is 30.5 Å².